The third kappa shape index (κ3) is 3.97. The summed E-state index contributed by atoms with van der Waals surface area (Å²) in [7, 11) is 1.96. The number of amides is 1. The van der Waals surface area contributed by atoms with E-state index in [9.17, 15) is 4.79 Å². The van der Waals surface area contributed by atoms with Gasteiger partial charge >= 0.3 is 0 Å². The second-order valence-corrected chi connectivity index (χ2v) is 7.65. The summed E-state index contributed by atoms with van der Waals surface area (Å²) in [5.41, 5.74) is 3.51. The molecule has 0 fully saturated rings. The van der Waals surface area contributed by atoms with Crippen molar-refractivity contribution in [3.8, 4) is 0 Å². The number of nitrogens with one attached hydrogen (secondary N) is 1. The summed E-state index contributed by atoms with van der Waals surface area (Å²) in [5, 5.41) is 5.15. The molecule has 0 bridgehead atoms. The number of benzene rings is 1. The van der Waals surface area contributed by atoms with Crippen LogP contribution in [0.4, 0.5) is 11.4 Å². The van der Waals surface area contributed by atoms with Gasteiger partial charge in [-0.05, 0) is 68.6 Å². The van der Waals surface area contributed by atoms with Gasteiger partial charge in [-0.1, -0.05) is 0 Å². The summed E-state index contributed by atoms with van der Waals surface area (Å²) in [4.78, 5) is 18.0. The number of likely N-dealkylation sites (N-methyl/N-ethyl adjacent to an activating group) is 1. The Labute approximate surface area is 148 Å². The molecule has 4 nitrogen and oxygen atoms in total. The van der Waals surface area contributed by atoms with E-state index in [0.717, 1.165) is 25.2 Å². The van der Waals surface area contributed by atoms with Gasteiger partial charge in [0.25, 0.3) is 0 Å². The SMILES string of the molecule is CC(C)N(C)CC(=O)Nc1ccc(N2CCc3sccc3C2)cc1. The third-order valence-electron chi connectivity index (χ3n) is 4.60. The number of rotatable bonds is 5. The Morgan fingerprint density at radius 3 is 2.75 bits per heavy atom. The first kappa shape index (κ1) is 17.0. The number of nitrogens with zero attached hydrogens (tertiary/aromatic N) is 2. The normalized spacial score (nSPS) is 14.1. The van der Waals surface area contributed by atoms with Crippen LogP contribution in [-0.2, 0) is 17.8 Å². The van der Waals surface area contributed by atoms with Crippen LogP contribution >= 0.6 is 11.3 Å². The maximum absolute atomic E-state index is 12.1. The monoisotopic (exact) mass is 343 g/mol. The molecule has 2 heterocycles. The van der Waals surface area contributed by atoms with E-state index in [1.165, 1.54) is 16.1 Å². The maximum Gasteiger partial charge on any atom is 0.238 e. The molecule has 0 aliphatic carbocycles. The smallest absolute Gasteiger partial charge is 0.238 e. The van der Waals surface area contributed by atoms with Crippen LogP contribution in [0, 0.1) is 0 Å². The van der Waals surface area contributed by atoms with Gasteiger partial charge in [-0.3, -0.25) is 9.69 Å². The quantitative estimate of drug-likeness (QED) is 0.901. The van der Waals surface area contributed by atoms with Crippen molar-refractivity contribution in [2.75, 3.05) is 30.4 Å². The lowest BCUT2D eigenvalue weighted by molar-refractivity contribution is -0.117. The predicted molar refractivity (Wildman–Crippen MR) is 102 cm³/mol. The van der Waals surface area contributed by atoms with E-state index in [-0.39, 0.29) is 5.91 Å². The van der Waals surface area contributed by atoms with Crippen LogP contribution in [0.2, 0.25) is 0 Å². The second kappa shape index (κ2) is 7.36. The number of hydrogen-bond acceptors (Lipinski definition) is 4. The highest BCUT2D eigenvalue weighted by molar-refractivity contribution is 7.10. The lowest BCUT2D eigenvalue weighted by atomic mass is 10.1. The fourth-order valence-electron chi connectivity index (χ4n) is 2.83. The van der Waals surface area contributed by atoms with Crippen molar-refractivity contribution in [1.29, 1.82) is 0 Å². The van der Waals surface area contributed by atoms with Crippen LogP contribution in [0.3, 0.4) is 0 Å². The molecule has 1 aliphatic heterocycles. The zero-order chi connectivity index (χ0) is 17.1. The largest absolute Gasteiger partial charge is 0.367 e. The first-order chi connectivity index (χ1) is 11.5. The summed E-state index contributed by atoms with van der Waals surface area (Å²) in [6, 6.07) is 10.8. The Kier molecular flexibility index (Phi) is 5.21. The molecule has 0 atom stereocenters. The van der Waals surface area contributed by atoms with Crippen molar-refractivity contribution < 1.29 is 4.79 Å². The van der Waals surface area contributed by atoms with Crippen LogP contribution in [0.15, 0.2) is 35.7 Å². The third-order valence-corrected chi connectivity index (χ3v) is 5.62. The fraction of sp³-hybridized carbons (Fsp3) is 0.421. The molecule has 24 heavy (non-hydrogen) atoms. The Hall–Kier alpha value is -1.85. The molecular weight excluding hydrogens is 318 g/mol. The lowest BCUT2D eigenvalue weighted by Gasteiger charge is -2.29. The molecule has 0 spiro atoms. The van der Waals surface area contributed by atoms with Crippen molar-refractivity contribution in [3.05, 3.63) is 46.2 Å². The standard InChI is InChI=1S/C19H25N3OS/c1-14(2)21(3)13-19(23)20-16-4-6-17(7-5-16)22-10-8-18-15(12-22)9-11-24-18/h4-7,9,11,14H,8,10,12-13H2,1-3H3,(H,20,23). The van der Waals surface area contributed by atoms with E-state index in [1.54, 1.807) is 0 Å². The molecule has 1 N–H and O–H groups in total. The van der Waals surface area contributed by atoms with Crippen LogP contribution < -0.4 is 10.2 Å². The molecule has 128 valence electrons. The molecule has 2 aromatic rings. The number of hydrogen-bond donors (Lipinski definition) is 1. The average Bonchev–Trinajstić information content (AvgIpc) is 3.02. The van der Waals surface area contributed by atoms with Gasteiger partial charge in [-0.15, -0.1) is 11.3 Å². The highest BCUT2D eigenvalue weighted by atomic mass is 32.1. The van der Waals surface area contributed by atoms with Gasteiger partial charge in [0.2, 0.25) is 5.91 Å². The maximum atomic E-state index is 12.1. The van der Waals surface area contributed by atoms with Gasteiger partial charge in [0.15, 0.2) is 0 Å². The molecule has 1 aromatic heterocycles. The number of anilines is 2. The summed E-state index contributed by atoms with van der Waals surface area (Å²) in [6.45, 7) is 6.60. The van der Waals surface area contributed by atoms with Gasteiger partial charge < -0.3 is 10.2 Å². The molecule has 0 saturated carbocycles. The minimum Gasteiger partial charge on any atom is -0.367 e. The zero-order valence-corrected chi connectivity index (χ0v) is 15.4. The van der Waals surface area contributed by atoms with E-state index < -0.39 is 0 Å². The lowest BCUT2D eigenvalue weighted by Crippen LogP contribution is -2.34. The highest BCUT2D eigenvalue weighted by Crippen LogP contribution is 2.28. The van der Waals surface area contributed by atoms with E-state index >= 15 is 0 Å². The van der Waals surface area contributed by atoms with Crippen LogP contribution in [0.1, 0.15) is 24.3 Å². The average molecular weight is 343 g/mol. The Balaban J connectivity index is 1.59. The van der Waals surface area contributed by atoms with E-state index in [0.29, 0.717) is 12.6 Å². The van der Waals surface area contributed by atoms with Crippen molar-refractivity contribution >= 4 is 28.6 Å². The van der Waals surface area contributed by atoms with E-state index in [4.69, 9.17) is 0 Å². The van der Waals surface area contributed by atoms with Gasteiger partial charge in [0.1, 0.15) is 0 Å². The number of carbonyl (C=O) groups excluding carboxylic acids is 1. The topological polar surface area (TPSA) is 35.6 Å². The summed E-state index contributed by atoms with van der Waals surface area (Å²) >= 11 is 1.86. The van der Waals surface area contributed by atoms with E-state index in [2.05, 4.69) is 47.6 Å². The second-order valence-electron chi connectivity index (χ2n) is 6.64. The molecule has 0 saturated heterocycles. The minimum absolute atomic E-state index is 0.0276. The predicted octanol–water partition coefficient (Wildman–Crippen LogP) is 3.59. The summed E-state index contributed by atoms with van der Waals surface area (Å²) in [6.07, 6.45) is 1.12. The summed E-state index contributed by atoms with van der Waals surface area (Å²) in [5.74, 6) is 0.0276. The molecule has 0 unspecified atom stereocenters. The van der Waals surface area contributed by atoms with Gasteiger partial charge in [-0.2, -0.15) is 0 Å². The number of thiophene rings is 1. The number of carbonyl (C=O) groups is 1. The zero-order valence-electron chi connectivity index (χ0n) is 14.6. The fourth-order valence-corrected chi connectivity index (χ4v) is 3.72. The molecule has 1 aliphatic rings. The minimum atomic E-state index is 0.0276. The van der Waals surface area contributed by atoms with Gasteiger partial charge in [0, 0.05) is 35.4 Å². The first-order valence-corrected chi connectivity index (χ1v) is 9.31. The van der Waals surface area contributed by atoms with Crippen molar-refractivity contribution in [1.82, 2.24) is 4.90 Å². The molecule has 3 rings (SSSR count). The molecule has 0 radical (unpaired) electrons. The van der Waals surface area contributed by atoms with Gasteiger partial charge in [-0.25, -0.2) is 0 Å². The molecule has 1 amide bonds. The first-order valence-electron chi connectivity index (χ1n) is 8.43. The molecule has 5 heteroatoms. The van der Waals surface area contributed by atoms with Crippen molar-refractivity contribution in [3.63, 3.8) is 0 Å². The Morgan fingerprint density at radius 1 is 1.29 bits per heavy atom. The Morgan fingerprint density at radius 2 is 2.04 bits per heavy atom. The summed E-state index contributed by atoms with van der Waals surface area (Å²) < 4.78 is 0. The van der Waals surface area contributed by atoms with Crippen LogP contribution in [0.25, 0.3) is 0 Å². The van der Waals surface area contributed by atoms with E-state index in [1.807, 2.05) is 35.4 Å². The van der Waals surface area contributed by atoms with Crippen molar-refractivity contribution in [2.24, 2.45) is 0 Å². The Bertz CT molecular complexity index is 693. The molecular formula is C19H25N3OS. The van der Waals surface area contributed by atoms with Crippen LogP contribution in [0.5, 0.6) is 0 Å². The van der Waals surface area contributed by atoms with Crippen molar-refractivity contribution in [2.45, 2.75) is 32.9 Å². The molecule has 1 aromatic carbocycles. The van der Waals surface area contributed by atoms with Crippen LogP contribution in [-0.4, -0.2) is 37.0 Å². The number of fused-ring (bicyclic) bond motifs is 1. The van der Waals surface area contributed by atoms with Gasteiger partial charge in [0.05, 0.1) is 6.54 Å². The highest BCUT2D eigenvalue weighted by Gasteiger charge is 2.17.